The van der Waals surface area contributed by atoms with Crippen molar-refractivity contribution < 1.29 is 14.7 Å². The van der Waals surface area contributed by atoms with E-state index in [0.717, 1.165) is 5.56 Å². The van der Waals surface area contributed by atoms with Crippen molar-refractivity contribution >= 4 is 22.6 Å². The fourth-order valence-corrected chi connectivity index (χ4v) is 4.49. The van der Waals surface area contributed by atoms with Gasteiger partial charge in [0.05, 0.1) is 10.8 Å². The fraction of sp³-hybridized carbons (Fsp3) is 0.360. The Balaban J connectivity index is 1.67. The Hall–Kier alpha value is -3.48. The number of aliphatic carboxylic acids is 1. The number of carboxylic acids is 1. The number of carbonyl (C=O) groups excluding carboxylic acids is 1. The van der Waals surface area contributed by atoms with Crippen LogP contribution in [0.4, 0.5) is 0 Å². The number of nitrogens with zero attached hydrogens (tertiary/aromatic N) is 3. The van der Waals surface area contributed by atoms with Crippen molar-refractivity contribution in [1.82, 2.24) is 14.7 Å². The zero-order valence-corrected chi connectivity index (χ0v) is 18.3. The molecular formula is C25H27N3O4. The molecule has 1 saturated heterocycles. The zero-order valence-electron chi connectivity index (χ0n) is 18.3. The van der Waals surface area contributed by atoms with Crippen molar-refractivity contribution in [2.24, 2.45) is 5.92 Å². The van der Waals surface area contributed by atoms with Gasteiger partial charge in [-0.1, -0.05) is 62.4 Å². The summed E-state index contributed by atoms with van der Waals surface area (Å²) in [6, 6.07) is 16.2. The highest BCUT2D eigenvalue weighted by Gasteiger charge is 2.44. The Labute approximate surface area is 186 Å². The van der Waals surface area contributed by atoms with Crippen LogP contribution in [0.3, 0.4) is 0 Å². The van der Waals surface area contributed by atoms with Crippen molar-refractivity contribution in [1.29, 1.82) is 0 Å². The topological polar surface area (TPSA) is 92.5 Å². The number of carbonyl (C=O) groups is 2. The minimum Gasteiger partial charge on any atom is -0.481 e. The molecule has 7 heteroatoms. The summed E-state index contributed by atoms with van der Waals surface area (Å²) in [6.45, 7) is 5.01. The monoisotopic (exact) mass is 433 g/mol. The van der Waals surface area contributed by atoms with Crippen molar-refractivity contribution in [2.45, 2.75) is 38.6 Å². The molecule has 1 N–H and O–H groups in total. The number of rotatable bonds is 5. The van der Waals surface area contributed by atoms with Crippen molar-refractivity contribution in [3.63, 3.8) is 0 Å². The standard InChI is InChI=1S/C25H27N3O4/c1-17(2)16-28-22(29)20-11-7-6-10-19(20)21(26-28)23(30)27-14-12-25(13-15-27,24(31)32)18-8-4-3-5-9-18/h3-11,17H,12-16H2,1-2H3,(H,31,32). The smallest absolute Gasteiger partial charge is 0.314 e. The van der Waals surface area contributed by atoms with Crippen LogP contribution in [-0.4, -0.2) is 44.8 Å². The second-order valence-electron chi connectivity index (χ2n) is 8.82. The van der Waals surface area contributed by atoms with Gasteiger partial charge in [-0.05, 0) is 30.4 Å². The highest BCUT2D eigenvalue weighted by molar-refractivity contribution is 6.04. The Bertz CT molecular complexity index is 1210. The van der Waals surface area contributed by atoms with Gasteiger partial charge in [0, 0.05) is 25.0 Å². The second-order valence-corrected chi connectivity index (χ2v) is 8.82. The molecule has 1 amide bonds. The Morgan fingerprint density at radius 2 is 1.59 bits per heavy atom. The van der Waals surface area contributed by atoms with Gasteiger partial charge in [0.1, 0.15) is 0 Å². The number of fused-ring (bicyclic) bond motifs is 1. The average molecular weight is 434 g/mol. The normalized spacial score (nSPS) is 15.8. The Morgan fingerprint density at radius 1 is 1.00 bits per heavy atom. The molecule has 1 aromatic heterocycles. The van der Waals surface area contributed by atoms with Gasteiger partial charge in [-0.2, -0.15) is 5.10 Å². The number of hydrogen-bond acceptors (Lipinski definition) is 4. The molecule has 1 aliphatic heterocycles. The molecule has 3 aromatic rings. The van der Waals surface area contributed by atoms with Crippen LogP contribution in [0.5, 0.6) is 0 Å². The third-order valence-corrected chi connectivity index (χ3v) is 6.25. The molecule has 1 aliphatic rings. The van der Waals surface area contributed by atoms with E-state index in [4.69, 9.17) is 0 Å². The van der Waals surface area contributed by atoms with Crippen molar-refractivity contribution in [2.75, 3.05) is 13.1 Å². The van der Waals surface area contributed by atoms with E-state index in [9.17, 15) is 19.5 Å². The lowest BCUT2D eigenvalue weighted by Crippen LogP contribution is -2.49. The third kappa shape index (κ3) is 3.79. The summed E-state index contributed by atoms with van der Waals surface area (Å²) in [5.74, 6) is -0.947. The van der Waals surface area contributed by atoms with Crippen LogP contribution in [0.2, 0.25) is 0 Å². The van der Waals surface area contributed by atoms with Crippen LogP contribution in [-0.2, 0) is 16.8 Å². The van der Waals surface area contributed by atoms with Crippen LogP contribution >= 0.6 is 0 Å². The molecule has 1 fully saturated rings. The van der Waals surface area contributed by atoms with E-state index in [1.54, 1.807) is 29.2 Å². The van der Waals surface area contributed by atoms with Crippen molar-refractivity contribution in [3.05, 3.63) is 76.2 Å². The summed E-state index contributed by atoms with van der Waals surface area (Å²) < 4.78 is 1.37. The van der Waals surface area contributed by atoms with Gasteiger partial charge >= 0.3 is 5.97 Å². The molecule has 0 spiro atoms. The molecule has 0 saturated carbocycles. The van der Waals surface area contributed by atoms with Gasteiger partial charge < -0.3 is 10.0 Å². The van der Waals surface area contributed by atoms with Gasteiger partial charge in [-0.3, -0.25) is 14.4 Å². The third-order valence-electron chi connectivity index (χ3n) is 6.25. The molecule has 0 aliphatic carbocycles. The molecule has 4 rings (SSSR count). The second kappa shape index (κ2) is 8.57. The lowest BCUT2D eigenvalue weighted by atomic mass is 9.73. The molecule has 0 atom stereocenters. The summed E-state index contributed by atoms with van der Waals surface area (Å²) in [7, 11) is 0. The van der Waals surface area contributed by atoms with E-state index < -0.39 is 11.4 Å². The van der Waals surface area contributed by atoms with Gasteiger partial charge in [0.15, 0.2) is 5.69 Å². The minimum atomic E-state index is -1.01. The number of aromatic nitrogens is 2. The maximum Gasteiger partial charge on any atom is 0.314 e. The van der Waals surface area contributed by atoms with Gasteiger partial charge in [0.2, 0.25) is 0 Å². The quantitative estimate of drug-likeness (QED) is 0.666. The van der Waals surface area contributed by atoms with E-state index in [1.807, 2.05) is 44.2 Å². The summed E-state index contributed by atoms with van der Waals surface area (Å²) in [5.41, 5.74) is -0.222. The molecule has 166 valence electrons. The predicted molar refractivity (Wildman–Crippen MR) is 122 cm³/mol. The summed E-state index contributed by atoms with van der Waals surface area (Å²) in [6.07, 6.45) is 0.642. The van der Waals surface area contributed by atoms with Crippen molar-refractivity contribution in [3.8, 4) is 0 Å². The first-order valence-electron chi connectivity index (χ1n) is 10.9. The molecule has 7 nitrogen and oxygen atoms in total. The molecule has 0 unspecified atom stereocenters. The van der Waals surface area contributed by atoms with Crippen LogP contribution in [0.25, 0.3) is 10.8 Å². The minimum absolute atomic E-state index is 0.196. The van der Waals surface area contributed by atoms with E-state index in [2.05, 4.69) is 5.10 Å². The average Bonchev–Trinajstić information content (AvgIpc) is 2.81. The van der Waals surface area contributed by atoms with Crippen LogP contribution in [0.15, 0.2) is 59.4 Å². The molecular weight excluding hydrogens is 406 g/mol. The number of hydrogen-bond donors (Lipinski definition) is 1. The highest BCUT2D eigenvalue weighted by atomic mass is 16.4. The lowest BCUT2D eigenvalue weighted by Gasteiger charge is -2.39. The number of amides is 1. The van der Waals surface area contributed by atoms with Gasteiger partial charge in [0.25, 0.3) is 11.5 Å². The van der Waals surface area contributed by atoms with Gasteiger partial charge in [-0.25, -0.2) is 4.68 Å². The molecule has 2 aromatic carbocycles. The van der Waals surface area contributed by atoms with E-state index in [1.165, 1.54) is 4.68 Å². The van der Waals surface area contributed by atoms with Crippen LogP contribution < -0.4 is 5.56 Å². The number of likely N-dealkylation sites (tertiary alicyclic amines) is 1. The first kappa shape index (κ1) is 21.7. The Morgan fingerprint density at radius 3 is 2.19 bits per heavy atom. The number of piperidine rings is 1. The van der Waals surface area contributed by atoms with E-state index >= 15 is 0 Å². The van der Waals surface area contributed by atoms with E-state index in [0.29, 0.717) is 43.2 Å². The lowest BCUT2D eigenvalue weighted by molar-refractivity contribution is -0.145. The predicted octanol–water partition coefficient (Wildman–Crippen LogP) is 3.31. The van der Waals surface area contributed by atoms with Crippen LogP contribution in [0, 0.1) is 5.92 Å². The molecule has 0 radical (unpaired) electrons. The summed E-state index contributed by atoms with van der Waals surface area (Å²) in [5, 5.41) is 15.5. The summed E-state index contributed by atoms with van der Waals surface area (Å²) in [4.78, 5) is 40.2. The Kier molecular flexibility index (Phi) is 5.82. The number of benzene rings is 2. The van der Waals surface area contributed by atoms with Crippen LogP contribution in [0.1, 0.15) is 42.7 Å². The van der Waals surface area contributed by atoms with Gasteiger partial charge in [-0.15, -0.1) is 0 Å². The maximum atomic E-state index is 13.5. The van der Waals surface area contributed by atoms with E-state index in [-0.39, 0.29) is 23.1 Å². The first-order valence-corrected chi connectivity index (χ1v) is 10.9. The highest BCUT2D eigenvalue weighted by Crippen LogP contribution is 2.36. The first-order chi connectivity index (χ1) is 15.3. The number of carboxylic acid groups (broad SMARTS) is 1. The zero-order chi connectivity index (χ0) is 22.9. The summed E-state index contributed by atoms with van der Waals surface area (Å²) >= 11 is 0. The maximum absolute atomic E-state index is 13.5. The molecule has 2 heterocycles. The fourth-order valence-electron chi connectivity index (χ4n) is 4.49. The molecule has 32 heavy (non-hydrogen) atoms. The largest absolute Gasteiger partial charge is 0.481 e. The molecule has 0 bridgehead atoms. The SMILES string of the molecule is CC(C)Cn1nc(C(=O)N2CCC(C(=O)O)(c3ccccc3)CC2)c2ccccc2c1=O.